The van der Waals surface area contributed by atoms with Gasteiger partial charge in [0.25, 0.3) is 0 Å². The van der Waals surface area contributed by atoms with E-state index in [0.717, 1.165) is 10.9 Å². The monoisotopic (exact) mass is 150 g/mol. The van der Waals surface area contributed by atoms with Crippen molar-refractivity contribution in [2.24, 2.45) is 0 Å². The summed E-state index contributed by atoms with van der Waals surface area (Å²) >= 11 is 0. The van der Waals surface area contributed by atoms with Gasteiger partial charge >= 0.3 is 0 Å². The highest BCUT2D eigenvalue weighted by Gasteiger charge is 1.99. The molecule has 0 radical (unpaired) electrons. The second-order valence-corrected chi connectivity index (χ2v) is 2.43. The minimum Gasteiger partial charge on any atom is -0.397 e. The van der Waals surface area contributed by atoms with Crippen molar-refractivity contribution in [3.63, 3.8) is 0 Å². The maximum Gasteiger partial charge on any atom is 0.124 e. The van der Waals surface area contributed by atoms with E-state index >= 15 is 0 Å². The molecule has 0 amide bonds. The fourth-order valence-corrected chi connectivity index (χ4v) is 1.11. The van der Waals surface area contributed by atoms with Crippen molar-refractivity contribution in [3.05, 3.63) is 30.2 Å². The summed E-state index contributed by atoms with van der Waals surface area (Å²) in [6, 6.07) is 4.49. The smallest absolute Gasteiger partial charge is 0.124 e. The predicted molar refractivity (Wildman–Crippen MR) is 42.7 cm³/mol. The van der Waals surface area contributed by atoms with Crippen molar-refractivity contribution in [1.29, 1.82) is 0 Å². The number of aromatic amines is 1. The van der Waals surface area contributed by atoms with Crippen molar-refractivity contribution in [2.75, 3.05) is 5.73 Å². The van der Waals surface area contributed by atoms with Gasteiger partial charge in [0, 0.05) is 17.1 Å². The molecule has 56 valence electrons. The molecule has 0 aliphatic heterocycles. The maximum atomic E-state index is 12.6. The van der Waals surface area contributed by atoms with Gasteiger partial charge in [-0.25, -0.2) is 4.39 Å². The Morgan fingerprint density at radius 1 is 1.36 bits per heavy atom. The Morgan fingerprint density at radius 3 is 3.00 bits per heavy atom. The summed E-state index contributed by atoms with van der Waals surface area (Å²) < 4.78 is 12.6. The van der Waals surface area contributed by atoms with E-state index in [2.05, 4.69) is 4.98 Å². The van der Waals surface area contributed by atoms with Crippen LogP contribution in [0.1, 0.15) is 0 Å². The fourth-order valence-electron chi connectivity index (χ4n) is 1.11. The molecule has 1 aromatic carbocycles. The molecular formula is C8H7FN2. The van der Waals surface area contributed by atoms with Gasteiger partial charge in [-0.2, -0.15) is 0 Å². The molecule has 0 aliphatic carbocycles. The lowest BCUT2D eigenvalue weighted by atomic mass is 10.2. The molecule has 3 heteroatoms. The van der Waals surface area contributed by atoms with E-state index < -0.39 is 0 Å². The predicted octanol–water partition coefficient (Wildman–Crippen LogP) is 1.89. The summed E-state index contributed by atoms with van der Waals surface area (Å²) in [6.45, 7) is 0. The van der Waals surface area contributed by atoms with E-state index in [-0.39, 0.29) is 5.82 Å². The highest BCUT2D eigenvalue weighted by atomic mass is 19.1. The van der Waals surface area contributed by atoms with Gasteiger partial charge in [-0.1, -0.05) is 0 Å². The molecule has 2 nitrogen and oxygen atoms in total. The standard InChI is InChI=1S/C8H7FN2/c9-5-1-2-8-6(3-5)7(10)4-11-8/h1-4,11H,10H2. The van der Waals surface area contributed by atoms with Crippen molar-refractivity contribution in [2.45, 2.75) is 0 Å². The van der Waals surface area contributed by atoms with Gasteiger partial charge in [-0.3, -0.25) is 0 Å². The van der Waals surface area contributed by atoms with E-state index in [1.54, 1.807) is 12.3 Å². The van der Waals surface area contributed by atoms with Gasteiger partial charge in [-0.05, 0) is 18.2 Å². The van der Waals surface area contributed by atoms with E-state index in [0.29, 0.717) is 5.69 Å². The number of benzene rings is 1. The van der Waals surface area contributed by atoms with Crippen LogP contribution < -0.4 is 5.73 Å². The van der Waals surface area contributed by atoms with E-state index in [4.69, 9.17) is 5.73 Å². The third-order valence-corrected chi connectivity index (χ3v) is 1.68. The highest BCUT2D eigenvalue weighted by Crippen LogP contribution is 2.20. The van der Waals surface area contributed by atoms with Crippen LogP contribution in [0.2, 0.25) is 0 Å². The van der Waals surface area contributed by atoms with Crippen LogP contribution in [0.25, 0.3) is 10.9 Å². The third-order valence-electron chi connectivity index (χ3n) is 1.68. The summed E-state index contributed by atoms with van der Waals surface area (Å²) in [5, 5.41) is 0.741. The molecule has 2 rings (SSSR count). The van der Waals surface area contributed by atoms with Crippen molar-refractivity contribution >= 4 is 16.6 Å². The molecule has 0 spiro atoms. The van der Waals surface area contributed by atoms with Crippen LogP contribution in [0.5, 0.6) is 0 Å². The molecule has 3 N–H and O–H groups in total. The van der Waals surface area contributed by atoms with Crippen LogP contribution >= 0.6 is 0 Å². The molecule has 0 saturated carbocycles. The third kappa shape index (κ3) is 0.852. The molecule has 0 atom stereocenters. The Hall–Kier alpha value is -1.51. The van der Waals surface area contributed by atoms with Crippen LogP contribution in [-0.4, -0.2) is 4.98 Å². The van der Waals surface area contributed by atoms with Crippen LogP contribution in [0.4, 0.5) is 10.1 Å². The number of rotatable bonds is 0. The summed E-state index contributed by atoms with van der Waals surface area (Å²) in [4.78, 5) is 2.92. The minimum atomic E-state index is -0.260. The topological polar surface area (TPSA) is 41.8 Å². The highest BCUT2D eigenvalue weighted by molar-refractivity contribution is 5.90. The molecule has 0 fully saturated rings. The summed E-state index contributed by atoms with van der Waals surface area (Å²) in [7, 11) is 0. The number of halogens is 1. The Balaban J connectivity index is 2.87. The normalized spacial score (nSPS) is 10.6. The fraction of sp³-hybridized carbons (Fsp3) is 0. The largest absolute Gasteiger partial charge is 0.397 e. The molecule has 11 heavy (non-hydrogen) atoms. The molecule has 0 aliphatic rings. The number of fused-ring (bicyclic) bond motifs is 1. The number of nitrogens with one attached hydrogen (secondary N) is 1. The first-order valence-corrected chi connectivity index (χ1v) is 3.29. The van der Waals surface area contributed by atoms with E-state index in [9.17, 15) is 4.39 Å². The molecule has 0 saturated heterocycles. The summed E-state index contributed by atoms with van der Waals surface area (Å²) in [5.41, 5.74) is 6.99. The van der Waals surface area contributed by atoms with Crippen molar-refractivity contribution in [1.82, 2.24) is 4.98 Å². The zero-order chi connectivity index (χ0) is 7.84. The Kier molecular flexibility index (Phi) is 1.12. The van der Waals surface area contributed by atoms with Gasteiger partial charge in [-0.15, -0.1) is 0 Å². The number of hydrogen-bond acceptors (Lipinski definition) is 1. The number of hydrogen-bond donors (Lipinski definition) is 2. The van der Waals surface area contributed by atoms with Gasteiger partial charge in [0.2, 0.25) is 0 Å². The number of nitrogens with two attached hydrogens (primary N) is 1. The molecule has 1 heterocycles. The second kappa shape index (κ2) is 1.99. The zero-order valence-electron chi connectivity index (χ0n) is 5.76. The number of anilines is 1. The first kappa shape index (κ1) is 6.22. The zero-order valence-corrected chi connectivity index (χ0v) is 5.76. The molecule has 0 bridgehead atoms. The average Bonchev–Trinajstić information content (AvgIpc) is 2.33. The van der Waals surface area contributed by atoms with Gasteiger partial charge in [0.05, 0.1) is 5.69 Å². The molecule has 1 aromatic heterocycles. The van der Waals surface area contributed by atoms with E-state index in [1.165, 1.54) is 12.1 Å². The van der Waals surface area contributed by atoms with Crippen LogP contribution in [0.15, 0.2) is 24.4 Å². The quantitative estimate of drug-likeness (QED) is 0.591. The summed E-state index contributed by atoms with van der Waals surface area (Å²) in [6.07, 6.45) is 1.66. The molecule has 2 aromatic rings. The Morgan fingerprint density at radius 2 is 2.18 bits per heavy atom. The van der Waals surface area contributed by atoms with Crippen molar-refractivity contribution < 1.29 is 4.39 Å². The van der Waals surface area contributed by atoms with Gasteiger partial charge < -0.3 is 10.7 Å². The SMILES string of the molecule is Nc1c[nH]c2ccc(F)cc12. The van der Waals surface area contributed by atoms with Crippen LogP contribution in [-0.2, 0) is 0 Å². The van der Waals surface area contributed by atoms with Gasteiger partial charge in [0.1, 0.15) is 5.82 Å². The van der Waals surface area contributed by atoms with Crippen molar-refractivity contribution in [3.8, 4) is 0 Å². The molecular weight excluding hydrogens is 143 g/mol. The van der Waals surface area contributed by atoms with Crippen LogP contribution in [0.3, 0.4) is 0 Å². The first-order chi connectivity index (χ1) is 5.27. The Labute approximate surface area is 62.8 Å². The number of H-pyrrole nitrogens is 1. The van der Waals surface area contributed by atoms with E-state index in [1.807, 2.05) is 0 Å². The Bertz CT molecular complexity index is 392. The lowest BCUT2D eigenvalue weighted by molar-refractivity contribution is 0.630. The number of nitrogen functional groups attached to an aromatic ring is 1. The lowest BCUT2D eigenvalue weighted by Crippen LogP contribution is -1.80. The lowest BCUT2D eigenvalue weighted by Gasteiger charge is -1.90. The van der Waals surface area contributed by atoms with Crippen LogP contribution in [0, 0.1) is 5.82 Å². The first-order valence-electron chi connectivity index (χ1n) is 3.29. The second-order valence-electron chi connectivity index (χ2n) is 2.43. The number of aromatic nitrogens is 1. The molecule has 0 unspecified atom stereocenters. The average molecular weight is 150 g/mol. The summed E-state index contributed by atoms with van der Waals surface area (Å²) in [5.74, 6) is -0.260. The minimum absolute atomic E-state index is 0.260. The maximum absolute atomic E-state index is 12.6. The van der Waals surface area contributed by atoms with Gasteiger partial charge in [0.15, 0.2) is 0 Å².